The first kappa shape index (κ1) is 12.4. The van der Waals surface area contributed by atoms with Crippen molar-refractivity contribution in [3.63, 3.8) is 0 Å². The summed E-state index contributed by atoms with van der Waals surface area (Å²) in [4.78, 5) is 10.5. The van der Waals surface area contributed by atoms with Crippen molar-refractivity contribution in [2.24, 2.45) is 0 Å². The van der Waals surface area contributed by atoms with Gasteiger partial charge in [-0.05, 0) is 12.1 Å². The van der Waals surface area contributed by atoms with E-state index in [1.54, 1.807) is 0 Å². The number of hydrogen-bond donors (Lipinski definition) is 1. The first-order chi connectivity index (χ1) is 7.23. The molecule has 0 aliphatic carbocycles. The van der Waals surface area contributed by atoms with Crippen LogP contribution in [0.1, 0.15) is 27.9 Å². The van der Waals surface area contributed by atoms with Crippen LogP contribution >= 0.6 is 0 Å². The number of carboxylic acid groups (broad SMARTS) is 1. The Hall–Kier alpha value is -1.66. The number of rotatable bonds is 2. The van der Waals surface area contributed by atoms with E-state index in [1.807, 2.05) is 0 Å². The van der Waals surface area contributed by atoms with Crippen molar-refractivity contribution in [1.29, 1.82) is 0 Å². The van der Waals surface area contributed by atoms with Gasteiger partial charge in [0.15, 0.2) is 0 Å². The maximum absolute atomic E-state index is 12.3. The van der Waals surface area contributed by atoms with E-state index in [2.05, 4.69) is 0 Å². The van der Waals surface area contributed by atoms with Gasteiger partial charge in [0, 0.05) is 5.56 Å². The molecule has 0 atom stereocenters. The summed E-state index contributed by atoms with van der Waals surface area (Å²) in [5, 5.41) is 8.50. The number of carboxylic acids is 1. The molecule has 7 heteroatoms. The Bertz CT molecular complexity index is 411. The lowest BCUT2D eigenvalue weighted by Crippen LogP contribution is -2.10. The van der Waals surface area contributed by atoms with Gasteiger partial charge in [0.2, 0.25) is 0 Å². The largest absolute Gasteiger partial charge is 0.478 e. The molecule has 0 fully saturated rings. The fourth-order valence-corrected chi connectivity index (χ4v) is 1.11. The van der Waals surface area contributed by atoms with E-state index in [1.165, 1.54) is 0 Å². The zero-order valence-corrected chi connectivity index (χ0v) is 7.55. The molecule has 0 heterocycles. The second kappa shape index (κ2) is 4.07. The van der Waals surface area contributed by atoms with Gasteiger partial charge in [-0.25, -0.2) is 13.6 Å². The molecule has 0 aliphatic rings. The summed E-state index contributed by atoms with van der Waals surface area (Å²) in [6, 6.07) is 1.09. The summed E-state index contributed by atoms with van der Waals surface area (Å²) < 4.78 is 61.1. The van der Waals surface area contributed by atoms with E-state index in [-0.39, 0.29) is 6.07 Å². The SMILES string of the molecule is O=C(O)c1cc(C(F)(F)F)ccc1C(F)F. The highest BCUT2D eigenvalue weighted by molar-refractivity contribution is 5.89. The van der Waals surface area contributed by atoms with Gasteiger partial charge in [0.1, 0.15) is 0 Å². The maximum atomic E-state index is 12.3. The quantitative estimate of drug-likeness (QED) is 0.805. The lowest BCUT2D eigenvalue weighted by Gasteiger charge is -2.10. The van der Waals surface area contributed by atoms with Gasteiger partial charge in [-0.3, -0.25) is 0 Å². The number of halogens is 5. The highest BCUT2D eigenvalue weighted by atomic mass is 19.4. The third kappa shape index (κ3) is 2.47. The van der Waals surface area contributed by atoms with Crippen LogP contribution in [0.25, 0.3) is 0 Å². The second-order valence-electron chi connectivity index (χ2n) is 2.91. The molecular weight excluding hydrogens is 235 g/mol. The Balaban J connectivity index is 3.34. The van der Waals surface area contributed by atoms with Crippen molar-refractivity contribution < 1.29 is 31.9 Å². The number of alkyl halides is 5. The number of carbonyl (C=O) groups is 1. The fraction of sp³-hybridized carbons (Fsp3) is 0.222. The van der Waals surface area contributed by atoms with Gasteiger partial charge in [-0.2, -0.15) is 13.2 Å². The molecule has 0 bridgehead atoms. The molecule has 0 aliphatic heterocycles. The van der Waals surface area contributed by atoms with E-state index < -0.39 is 35.3 Å². The molecule has 0 saturated heterocycles. The van der Waals surface area contributed by atoms with Crippen LogP contribution in [-0.4, -0.2) is 11.1 Å². The third-order valence-corrected chi connectivity index (χ3v) is 1.85. The maximum Gasteiger partial charge on any atom is 0.416 e. The first-order valence-corrected chi connectivity index (χ1v) is 3.96. The van der Waals surface area contributed by atoms with Crippen LogP contribution in [0.5, 0.6) is 0 Å². The van der Waals surface area contributed by atoms with Crippen LogP contribution in [0, 0.1) is 0 Å². The predicted octanol–water partition coefficient (Wildman–Crippen LogP) is 3.34. The molecule has 0 radical (unpaired) electrons. The molecule has 1 N–H and O–H groups in total. The molecule has 1 aromatic rings. The molecule has 0 saturated carbocycles. The minimum atomic E-state index is -4.76. The number of hydrogen-bond acceptors (Lipinski definition) is 1. The molecule has 16 heavy (non-hydrogen) atoms. The lowest BCUT2D eigenvalue weighted by atomic mass is 10.0. The molecule has 0 spiro atoms. The zero-order valence-electron chi connectivity index (χ0n) is 7.55. The fourth-order valence-electron chi connectivity index (χ4n) is 1.11. The van der Waals surface area contributed by atoms with Gasteiger partial charge >= 0.3 is 12.1 Å². The molecule has 1 rings (SSSR count). The highest BCUT2D eigenvalue weighted by Gasteiger charge is 2.32. The van der Waals surface area contributed by atoms with Crippen molar-refractivity contribution in [3.8, 4) is 0 Å². The van der Waals surface area contributed by atoms with Gasteiger partial charge in [0.05, 0.1) is 11.1 Å². The summed E-state index contributed by atoms with van der Waals surface area (Å²) in [6.45, 7) is 0. The molecule has 0 unspecified atom stereocenters. The normalized spacial score (nSPS) is 11.9. The van der Waals surface area contributed by atoms with Crippen molar-refractivity contribution in [2.45, 2.75) is 12.6 Å². The minimum Gasteiger partial charge on any atom is -0.478 e. The average molecular weight is 240 g/mol. The van der Waals surface area contributed by atoms with E-state index >= 15 is 0 Å². The molecule has 0 aromatic heterocycles. The van der Waals surface area contributed by atoms with Crippen molar-refractivity contribution >= 4 is 5.97 Å². The van der Waals surface area contributed by atoms with E-state index in [0.717, 1.165) is 0 Å². The van der Waals surface area contributed by atoms with E-state index in [4.69, 9.17) is 5.11 Å². The molecule has 2 nitrogen and oxygen atoms in total. The molecule has 0 amide bonds. The van der Waals surface area contributed by atoms with E-state index in [9.17, 15) is 26.7 Å². The van der Waals surface area contributed by atoms with Crippen molar-refractivity contribution in [1.82, 2.24) is 0 Å². The molecular formula is C9H5F5O2. The first-order valence-electron chi connectivity index (χ1n) is 3.96. The summed E-state index contributed by atoms with van der Waals surface area (Å²) in [7, 11) is 0. The van der Waals surface area contributed by atoms with Crippen LogP contribution in [0.15, 0.2) is 18.2 Å². The van der Waals surface area contributed by atoms with Gasteiger partial charge in [0.25, 0.3) is 6.43 Å². The Morgan fingerprint density at radius 1 is 1.25 bits per heavy atom. The predicted molar refractivity (Wildman–Crippen MR) is 43.4 cm³/mol. The van der Waals surface area contributed by atoms with Gasteiger partial charge in [-0.1, -0.05) is 6.07 Å². The Morgan fingerprint density at radius 3 is 2.19 bits per heavy atom. The van der Waals surface area contributed by atoms with Gasteiger partial charge in [-0.15, -0.1) is 0 Å². The molecule has 1 aromatic carbocycles. The Morgan fingerprint density at radius 2 is 1.81 bits per heavy atom. The van der Waals surface area contributed by atoms with Crippen LogP contribution in [0.3, 0.4) is 0 Å². The highest BCUT2D eigenvalue weighted by Crippen LogP contribution is 2.32. The second-order valence-corrected chi connectivity index (χ2v) is 2.91. The Kier molecular flexibility index (Phi) is 3.16. The summed E-state index contributed by atoms with van der Waals surface area (Å²) in [5.41, 5.74) is -3.24. The van der Waals surface area contributed by atoms with Gasteiger partial charge < -0.3 is 5.11 Å². The summed E-state index contributed by atoms with van der Waals surface area (Å²) >= 11 is 0. The van der Waals surface area contributed by atoms with Crippen LogP contribution in [-0.2, 0) is 6.18 Å². The Labute approximate surface area is 86.3 Å². The average Bonchev–Trinajstić information content (AvgIpc) is 2.15. The zero-order chi connectivity index (χ0) is 12.5. The van der Waals surface area contributed by atoms with Crippen LogP contribution in [0.2, 0.25) is 0 Å². The standard InChI is InChI=1S/C9H5F5O2/c10-7(11)5-2-1-4(9(12,13)14)3-6(5)8(15)16/h1-3,7H,(H,15,16). The lowest BCUT2D eigenvalue weighted by molar-refractivity contribution is -0.137. The summed E-state index contributed by atoms with van der Waals surface area (Å²) in [5.74, 6) is -1.82. The third-order valence-electron chi connectivity index (χ3n) is 1.85. The summed E-state index contributed by atoms with van der Waals surface area (Å²) in [6.07, 6.45) is -7.89. The van der Waals surface area contributed by atoms with Crippen molar-refractivity contribution in [2.75, 3.05) is 0 Å². The number of aromatic carboxylic acids is 1. The van der Waals surface area contributed by atoms with Crippen molar-refractivity contribution in [3.05, 3.63) is 34.9 Å². The topological polar surface area (TPSA) is 37.3 Å². The van der Waals surface area contributed by atoms with Crippen LogP contribution in [0.4, 0.5) is 22.0 Å². The minimum absolute atomic E-state index is 0.198. The monoisotopic (exact) mass is 240 g/mol. The number of benzene rings is 1. The van der Waals surface area contributed by atoms with E-state index in [0.29, 0.717) is 12.1 Å². The van der Waals surface area contributed by atoms with Crippen LogP contribution < -0.4 is 0 Å². The smallest absolute Gasteiger partial charge is 0.416 e. The molecule has 88 valence electrons.